The molecule has 3 N–H and O–H groups in total. The minimum Gasteiger partial charge on any atom is -0.477 e. The van der Waals surface area contributed by atoms with E-state index in [1.807, 2.05) is 0 Å². The Bertz CT molecular complexity index is 752. The fourth-order valence-corrected chi connectivity index (χ4v) is 3.28. The average molecular weight is 296 g/mol. The molecule has 0 amide bonds. The SMILES string of the molecule is Cc1[nH]c(C(=O)O)c(C)c1S(=O)(=O)Nc1ncccn1. The van der Waals surface area contributed by atoms with Crippen LogP contribution in [0.4, 0.5) is 5.95 Å². The minimum atomic E-state index is -3.96. The molecule has 2 rings (SSSR count). The lowest BCUT2D eigenvalue weighted by atomic mass is 10.2. The van der Waals surface area contributed by atoms with Crippen molar-refractivity contribution in [3.8, 4) is 0 Å². The summed E-state index contributed by atoms with van der Waals surface area (Å²) < 4.78 is 26.8. The van der Waals surface area contributed by atoms with Crippen LogP contribution in [0.5, 0.6) is 0 Å². The number of aryl methyl sites for hydroxylation is 1. The Balaban J connectivity index is 2.48. The van der Waals surface area contributed by atoms with Crippen molar-refractivity contribution in [3.05, 3.63) is 35.4 Å². The van der Waals surface area contributed by atoms with Gasteiger partial charge in [-0.15, -0.1) is 0 Å². The number of H-pyrrole nitrogens is 1. The van der Waals surface area contributed by atoms with Crippen molar-refractivity contribution in [3.63, 3.8) is 0 Å². The molecule has 20 heavy (non-hydrogen) atoms. The van der Waals surface area contributed by atoms with Gasteiger partial charge in [-0.3, -0.25) is 0 Å². The first-order chi connectivity index (χ1) is 9.33. The second kappa shape index (κ2) is 4.93. The molecule has 0 aliphatic carbocycles. The molecule has 0 aromatic carbocycles. The van der Waals surface area contributed by atoms with Crippen LogP contribution in [0.25, 0.3) is 0 Å². The summed E-state index contributed by atoms with van der Waals surface area (Å²) in [6.07, 6.45) is 2.79. The highest BCUT2D eigenvalue weighted by Crippen LogP contribution is 2.24. The number of aromatic amines is 1. The van der Waals surface area contributed by atoms with Gasteiger partial charge in [0, 0.05) is 23.7 Å². The first-order valence-electron chi connectivity index (χ1n) is 5.55. The van der Waals surface area contributed by atoms with E-state index in [0.717, 1.165) is 0 Å². The van der Waals surface area contributed by atoms with Gasteiger partial charge in [-0.25, -0.2) is 27.9 Å². The maximum atomic E-state index is 12.3. The Kier molecular flexibility index (Phi) is 3.45. The van der Waals surface area contributed by atoms with Gasteiger partial charge in [-0.1, -0.05) is 0 Å². The maximum absolute atomic E-state index is 12.3. The third kappa shape index (κ3) is 2.48. The molecule has 9 heteroatoms. The second-order valence-corrected chi connectivity index (χ2v) is 5.68. The highest BCUT2D eigenvalue weighted by molar-refractivity contribution is 7.92. The van der Waals surface area contributed by atoms with Crippen LogP contribution in [0, 0.1) is 13.8 Å². The number of anilines is 1. The molecule has 0 aliphatic rings. The number of rotatable bonds is 4. The van der Waals surface area contributed by atoms with Crippen LogP contribution in [-0.4, -0.2) is 34.4 Å². The Labute approximate surface area is 114 Å². The van der Waals surface area contributed by atoms with Crippen LogP contribution in [0.3, 0.4) is 0 Å². The fraction of sp³-hybridized carbons (Fsp3) is 0.182. The summed E-state index contributed by atoms with van der Waals surface area (Å²) in [5.41, 5.74) is 0.221. The van der Waals surface area contributed by atoms with E-state index < -0.39 is 16.0 Å². The van der Waals surface area contributed by atoms with Crippen LogP contribution in [0.15, 0.2) is 23.4 Å². The van der Waals surface area contributed by atoms with E-state index in [4.69, 9.17) is 5.11 Å². The molecule has 0 fully saturated rings. The van der Waals surface area contributed by atoms with E-state index in [2.05, 4.69) is 19.7 Å². The van der Waals surface area contributed by atoms with Gasteiger partial charge in [0.1, 0.15) is 10.6 Å². The number of hydrogen-bond acceptors (Lipinski definition) is 5. The molecule has 0 aliphatic heterocycles. The largest absolute Gasteiger partial charge is 0.477 e. The average Bonchev–Trinajstić information content (AvgIpc) is 2.66. The van der Waals surface area contributed by atoms with E-state index in [0.29, 0.717) is 0 Å². The van der Waals surface area contributed by atoms with Crippen molar-refractivity contribution in [2.24, 2.45) is 0 Å². The summed E-state index contributed by atoms with van der Waals surface area (Å²) in [4.78, 5) is 21.0. The standard InChI is InChI=1S/C11H12N4O4S/c1-6-8(10(16)17)14-7(2)9(6)20(18,19)15-11-12-4-3-5-13-11/h3-5,14H,1-2H3,(H,16,17)(H,12,13,15). The van der Waals surface area contributed by atoms with E-state index in [-0.39, 0.29) is 27.8 Å². The lowest BCUT2D eigenvalue weighted by Crippen LogP contribution is -2.16. The zero-order chi connectivity index (χ0) is 14.9. The topological polar surface area (TPSA) is 125 Å². The van der Waals surface area contributed by atoms with Crippen LogP contribution in [0.1, 0.15) is 21.7 Å². The number of aromatic nitrogens is 3. The van der Waals surface area contributed by atoms with E-state index in [1.165, 1.54) is 26.2 Å². The molecule has 0 atom stereocenters. The summed E-state index contributed by atoms with van der Waals surface area (Å²) in [6.45, 7) is 2.91. The number of carboxylic acids is 1. The summed E-state index contributed by atoms with van der Waals surface area (Å²) in [5, 5.41) is 8.99. The Hall–Kier alpha value is -2.42. The highest BCUT2D eigenvalue weighted by atomic mass is 32.2. The monoisotopic (exact) mass is 296 g/mol. The smallest absolute Gasteiger partial charge is 0.352 e. The van der Waals surface area contributed by atoms with Crippen molar-refractivity contribution in [1.29, 1.82) is 0 Å². The van der Waals surface area contributed by atoms with Crippen molar-refractivity contribution >= 4 is 21.9 Å². The van der Waals surface area contributed by atoms with Gasteiger partial charge in [-0.05, 0) is 19.9 Å². The van der Waals surface area contributed by atoms with Gasteiger partial charge in [-0.2, -0.15) is 0 Å². The van der Waals surface area contributed by atoms with Crippen LogP contribution >= 0.6 is 0 Å². The molecule has 0 saturated heterocycles. The predicted octanol–water partition coefficient (Wildman–Crippen LogP) is 0.921. The quantitative estimate of drug-likeness (QED) is 0.770. The van der Waals surface area contributed by atoms with E-state index in [1.54, 1.807) is 6.07 Å². The first kappa shape index (κ1) is 14.0. The van der Waals surface area contributed by atoms with Gasteiger partial charge < -0.3 is 10.1 Å². The van der Waals surface area contributed by atoms with E-state index >= 15 is 0 Å². The number of carboxylic acid groups (broad SMARTS) is 1. The summed E-state index contributed by atoms with van der Waals surface area (Å²) in [6, 6.07) is 1.55. The van der Waals surface area contributed by atoms with E-state index in [9.17, 15) is 13.2 Å². The molecule has 0 unspecified atom stereocenters. The Morgan fingerprint density at radius 2 is 1.90 bits per heavy atom. The van der Waals surface area contributed by atoms with Crippen molar-refractivity contribution in [2.45, 2.75) is 18.7 Å². The Morgan fingerprint density at radius 3 is 2.40 bits per heavy atom. The van der Waals surface area contributed by atoms with Crippen molar-refractivity contribution in [2.75, 3.05) is 4.72 Å². The first-order valence-corrected chi connectivity index (χ1v) is 7.03. The lowest BCUT2D eigenvalue weighted by Gasteiger charge is -2.06. The molecule has 106 valence electrons. The normalized spacial score (nSPS) is 11.3. The summed E-state index contributed by atoms with van der Waals surface area (Å²) >= 11 is 0. The Morgan fingerprint density at radius 1 is 1.30 bits per heavy atom. The van der Waals surface area contributed by atoms with Gasteiger partial charge >= 0.3 is 5.97 Å². The molecular formula is C11H12N4O4S. The van der Waals surface area contributed by atoms with Crippen molar-refractivity contribution in [1.82, 2.24) is 15.0 Å². The zero-order valence-corrected chi connectivity index (χ0v) is 11.5. The molecule has 0 bridgehead atoms. The van der Waals surface area contributed by atoms with Crippen LogP contribution in [-0.2, 0) is 10.0 Å². The third-order valence-corrected chi connectivity index (χ3v) is 4.24. The number of nitrogens with one attached hydrogen (secondary N) is 2. The lowest BCUT2D eigenvalue weighted by molar-refractivity contribution is 0.0690. The van der Waals surface area contributed by atoms with Crippen LogP contribution in [0.2, 0.25) is 0 Å². The van der Waals surface area contributed by atoms with Gasteiger partial charge in [0.05, 0.1) is 0 Å². The molecule has 2 heterocycles. The van der Waals surface area contributed by atoms with Gasteiger partial charge in [0.25, 0.3) is 10.0 Å². The molecule has 2 aromatic rings. The highest BCUT2D eigenvalue weighted by Gasteiger charge is 2.26. The number of carbonyl (C=O) groups is 1. The fourth-order valence-electron chi connectivity index (χ4n) is 1.87. The minimum absolute atomic E-state index is 0.0793. The summed E-state index contributed by atoms with van der Waals surface area (Å²) in [5.74, 6) is -1.30. The maximum Gasteiger partial charge on any atom is 0.352 e. The molecule has 0 spiro atoms. The molecule has 0 saturated carbocycles. The third-order valence-electron chi connectivity index (χ3n) is 2.64. The van der Waals surface area contributed by atoms with Crippen molar-refractivity contribution < 1.29 is 18.3 Å². The second-order valence-electron chi connectivity index (χ2n) is 4.06. The molecule has 0 radical (unpaired) electrons. The molecular weight excluding hydrogens is 284 g/mol. The van der Waals surface area contributed by atoms with Gasteiger partial charge in [0.15, 0.2) is 0 Å². The summed E-state index contributed by atoms with van der Waals surface area (Å²) in [7, 11) is -3.96. The van der Waals surface area contributed by atoms with Gasteiger partial charge in [0.2, 0.25) is 5.95 Å². The molecule has 2 aromatic heterocycles. The van der Waals surface area contributed by atoms with Crippen LogP contribution < -0.4 is 4.72 Å². The number of aromatic carboxylic acids is 1. The number of hydrogen-bond donors (Lipinski definition) is 3. The number of nitrogens with zero attached hydrogens (tertiary/aromatic N) is 2. The zero-order valence-electron chi connectivity index (χ0n) is 10.7. The number of sulfonamides is 1. The predicted molar refractivity (Wildman–Crippen MR) is 70.1 cm³/mol. The molecule has 8 nitrogen and oxygen atoms in total.